The average Bonchev–Trinajstić information content (AvgIpc) is 2.47. The van der Waals surface area contributed by atoms with Crippen molar-refractivity contribution < 1.29 is 0 Å². The Balaban J connectivity index is 2.09. The fourth-order valence-electron chi connectivity index (χ4n) is 2.94. The van der Waals surface area contributed by atoms with Crippen LogP contribution < -0.4 is 10.2 Å². The third-order valence-electron chi connectivity index (χ3n) is 4.07. The van der Waals surface area contributed by atoms with E-state index in [0.29, 0.717) is 10.0 Å². The van der Waals surface area contributed by atoms with Gasteiger partial charge in [-0.05, 0) is 31.2 Å². The van der Waals surface area contributed by atoms with E-state index < -0.39 is 0 Å². The second-order valence-corrected chi connectivity index (χ2v) is 6.75. The number of nitrogens with one attached hydrogen (secondary N) is 1. The van der Waals surface area contributed by atoms with Crippen LogP contribution in [0, 0.1) is 5.92 Å². The number of hydrogen-bond acceptors (Lipinski definition) is 3. The van der Waals surface area contributed by atoms with E-state index >= 15 is 0 Å². The second-order valence-electron chi connectivity index (χ2n) is 5.94. The number of halogens is 2. The third-order valence-corrected chi connectivity index (χ3v) is 4.64. The van der Waals surface area contributed by atoms with E-state index in [0.717, 1.165) is 37.1 Å². The molecule has 5 heteroatoms. The Labute approximate surface area is 138 Å². The molecule has 3 nitrogen and oxygen atoms in total. The molecule has 1 aromatic heterocycles. The van der Waals surface area contributed by atoms with E-state index in [4.69, 9.17) is 23.2 Å². The lowest BCUT2D eigenvalue weighted by Crippen LogP contribution is -2.28. The minimum atomic E-state index is 0.586. The molecule has 1 aromatic rings. The smallest absolute Gasteiger partial charge is 0.149 e. The SMILES string of the molecule is CCCNc1nc(N(C)CC2CCCCC2)c(Cl)cc1Cl. The predicted octanol–water partition coefficient (Wildman–Crippen LogP) is 5.23. The zero-order valence-corrected chi connectivity index (χ0v) is 14.5. The minimum absolute atomic E-state index is 0.586. The minimum Gasteiger partial charge on any atom is -0.369 e. The Bertz CT molecular complexity index is 459. The van der Waals surface area contributed by atoms with Crippen molar-refractivity contribution in [2.75, 3.05) is 30.4 Å². The van der Waals surface area contributed by atoms with Crippen LogP contribution in [0.4, 0.5) is 11.6 Å². The zero-order valence-electron chi connectivity index (χ0n) is 13.0. The molecule has 0 aromatic carbocycles. The molecule has 118 valence electrons. The number of aromatic nitrogens is 1. The number of pyridine rings is 1. The largest absolute Gasteiger partial charge is 0.369 e. The fraction of sp³-hybridized carbons (Fsp3) is 0.688. The Morgan fingerprint density at radius 2 is 1.95 bits per heavy atom. The summed E-state index contributed by atoms with van der Waals surface area (Å²) in [6.45, 7) is 3.99. The van der Waals surface area contributed by atoms with Crippen LogP contribution in [-0.2, 0) is 0 Å². The lowest BCUT2D eigenvalue weighted by atomic mass is 9.89. The molecule has 0 saturated heterocycles. The molecule has 1 heterocycles. The summed E-state index contributed by atoms with van der Waals surface area (Å²) in [5, 5.41) is 4.47. The lowest BCUT2D eigenvalue weighted by Gasteiger charge is -2.28. The normalized spacial score (nSPS) is 16.0. The van der Waals surface area contributed by atoms with Crippen molar-refractivity contribution in [2.45, 2.75) is 45.4 Å². The van der Waals surface area contributed by atoms with Crippen molar-refractivity contribution in [3.05, 3.63) is 16.1 Å². The maximum Gasteiger partial charge on any atom is 0.149 e. The summed E-state index contributed by atoms with van der Waals surface area (Å²) in [6.07, 6.45) is 7.75. The monoisotopic (exact) mass is 329 g/mol. The lowest BCUT2D eigenvalue weighted by molar-refractivity contribution is 0.361. The van der Waals surface area contributed by atoms with Gasteiger partial charge in [-0.15, -0.1) is 0 Å². The molecule has 0 amide bonds. The van der Waals surface area contributed by atoms with Gasteiger partial charge in [-0.25, -0.2) is 4.98 Å². The molecular formula is C16H25Cl2N3. The Morgan fingerprint density at radius 1 is 1.24 bits per heavy atom. The maximum absolute atomic E-state index is 6.33. The molecule has 0 aliphatic heterocycles. The summed E-state index contributed by atoms with van der Waals surface area (Å²) < 4.78 is 0. The van der Waals surface area contributed by atoms with Gasteiger partial charge in [0.1, 0.15) is 11.6 Å². The van der Waals surface area contributed by atoms with Crippen molar-refractivity contribution in [1.82, 2.24) is 4.98 Å². The summed E-state index contributed by atoms with van der Waals surface area (Å²) in [5.41, 5.74) is 0. The van der Waals surface area contributed by atoms with Gasteiger partial charge in [-0.3, -0.25) is 0 Å². The van der Waals surface area contributed by atoms with Crippen LogP contribution in [-0.4, -0.2) is 25.1 Å². The van der Waals surface area contributed by atoms with Crippen LogP contribution in [0.5, 0.6) is 0 Å². The number of nitrogens with zero attached hydrogens (tertiary/aromatic N) is 2. The first-order valence-corrected chi connectivity index (χ1v) is 8.68. The maximum atomic E-state index is 6.33. The van der Waals surface area contributed by atoms with Gasteiger partial charge in [0.05, 0.1) is 10.0 Å². The predicted molar refractivity (Wildman–Crippen MR) is 92.9 cm³/mol. The molecule has 0 bridgehead atoms. The Kier molecular flexibility index (Phi) is 6.43. The standard InChI is InChI=1S/C16H25Cl2N3/c1-3-9-19-15-13(17)10-14(18)16(20-15)21(2)11-12-7-5-4-6-8-12/h10,12H,3-9,11H2,1-2H3,(H,19,20). The van der Waals surface area contributed by atoms with E-state index in [2.05, 4.69) is 29.2 Å². The molecule has 0 radical (unpaired) electrons. The molecule has 1 aliphatic rings. The van der Waals surface area contributed by atoms with Gasteiger partial charge in [0, 0.05) is 20.1 Å². The van der Waals surface area contributed by atoms with Crippen LogP contribution in [0.15, 0.2) is 6.07 Å². The first-order chi connectivity index (χ1) is 10.1. The van der Waals surface area contributed by atoms with Gasteiger partial charge in [-0.1, -0.05) is 49.4 Å². The van der Waals surface area contributed by atoms with Crippen LogP contribution in [0.25, 0.3) is 0 Å². The fourth-order valence-corrected chi connectivity index (χ4v) is 3.51. The Morgan fingerprint density at radius 3 is 2.62 bits per heavy atom. The highest BCUT2D eigenvalue weighted by Gasteiger charge is 2.18. The second kappa shape index (κ2) is 8.09. The number of hydrogen-bond donors (Lipinski definition) is 1. The summed E-state index contributed by atoms with van der Waals surface area (Å²) in [4.78, 5) is 6.80. The van der Waals surface area contributed by atoms with Crippen molar-refractivity contribution in [2.24, 2.45) is 5.92 Å². The van der Waals surface area contributed by atoms with Crippen molar-refractivity contribution >= 4 is 34.8 Å². The number of anilines is 2. The van der Waals surface area contributed by atoms with Crippen molar-refractivity contribution in [3.8, 4) is 0 Å². The van der Waals surface area contributed by atoms with Crippen LogP contribution in [0.3, 0.4) is 0 Å². The first kappa shape index (κ1) is 16.7. The van der Waals surface area contributed by atoms with E-state index in [9.17, 15) is 0 Å². The molecule has 2 rings (SSSR count). The van der Waals surface area contributed by atoms with E-state index in [-0.39, 0.29) is 0 Å². The van der Waals surface area contributed by atoms with Gasteiger partial charge in [0.15, 0.2) is 0 Å². The molecule has 1 N–H and O–H groups in total. The summed E-state index contributed by atoms with van der Waals surface area (Å²) in [6, 6.07) is 1.79. The van der Waals surface area contributed by atoms with Crippen LogP contribution >= 0.6 is 23.2 Å². The molecule has 21 heavy (non-hydrogen) atoms. The molecule has 0 atom stereocenters. The summed E-state index contributed by atoms with van der Waals surface area (Å²) in [7, 11) is 2.07. The topological polar surface area (TPSA) is 28.2 Å². The summed E-state index contributed by atoms with van der Waals surface area (Å²) in [5.74, 6) is 2.31. The molecule has 0 unspecified atom stereocenters. The van der Waals surface area contributed by atoms with E-state index in [1.807, 2.05) is 0 Å². The number of rotatable bonds is 6. The van der Waals surface area contributed by atoms with Crippen LogP contribution in [0.1, 0.15) is 45.4 Å². The van der Waals surface area contributed by atoms with E-state index in [1.165, 1.54) is 32.1 Å². The Hall–Kier alpha value is -0.670. The van der Waals surface area contributed by atoms with Crippen molar-refractivity contribution in [1.29, 1.82) is 0 Å². The molecule has 0 spiro atoms. The highest BCUT2D eigenvalue weighted by molar-refractivity contribution is 6.37. The molecular weight excluding hydrogens is 305 g/mol. The van der Waals surface area contributed by atoms with Gasteiger partial charge in [-0.2, -0.15) is 0 Å². The van der Waals surface area contributed by atoms with Gasteiger partial charge in [0.2, 0.25) is 0 Å². The van der Waals surface area contributed by atoms with Gasteiger partial charge in [0.25, 0.3) is 0 Å². The molecule has 1 fully saturated rings. The van der Waals surface area contributed by atoms with Gasteiger partial charge >= 0.3 is 0 Å². The third kappa shape index (κ3) is 4.65. The van der Waals surface area contributed by atoms with Crippen LogP contribution in [0.2, 0.25) is 10.0 Å². The zero-order chi connectivity index (χ0) is 15.2. The first-order valence-electron chi connectivity index (χ1n) is 7.92. The van der Waals surface area contributed by atoms with E-state index in [1.54, 1.807) is 6.07 Å². The molecule has 1 saturated carbocycles. The average molecular weight is 330 g/mol. The van der Waals surface area contributed by atoms with Crippen molar-refractivity contribution in [3.63, 3.8) is 0 Å². The highest BCUT2D eigenvalue weighted by Crippen LogP contribution is 2.32. The highest BCUT2D eigenvalue weighted by atomic mass is 35.5. The molecule has 1 aliphatic carbocycles. The van der Waals surface area contributed by atoms with Gasteiger partial charge < -0.3 is 10.2 Å². The quantitative estimate of drug-likeness (QED) is 0.774. The summed E-state index contributed by atoms with van der Waals surface area (Å²) >= 11 is 12.5.